The maximum atomic E-state index is 6.50. The summed E-state index contributed by atoms with van der Waals surface area (Å²) in [4.78, 5) is 15.3. The van der Waals surface area contributed by atoms with E-state index < -0.39 is 0 Å². The van der Waals surface area contributed by atoms with Crippen LogP contribution in [0.5, 0.6) is 0 Å². The van der Waals surface area contributed by atoms with Crippen molar-refractivity contribution in [3.8, 4) is 0 Å². The van der Waals surface area contributed by atoms with Crippen molar-refractivity contribution in [3.05, 3.63) is 127 Å². The van der Waals surface area contributed by atoms with Crippen LogP contribution in [0.15, 0.2) is 126 Å². The van der Waals surface area contributed by atoms with Gasteiger partial charge in [-0.05, 0) is 81.1 Å². The molecule has 0 saturated carbocycles. The Kier molecular flexibility index (Phi) is 8.56. The van der Waals surface area contributed by atoms with Gasteiger partial charge in [0.1, 0.15) is 12.3 Å². The van der Waals surface area contributed by atoms with Crippen LogP contribution in [0.4, 0.5) is 28.4 Å². The first kappa shape index (κ1) is 31.3. The van der Waals surface area contributed by atoms with Gasteiger partial charge in [0.2, 0.25) is 0 Å². The number of amidine groups is 1. The van der Waals surface area contributed by atoms with E-state index in [0.717, 1.165) is 23.6 Å². The van der Waals surface area contributed by atoms with Gasteiger partial charge < -0.3 is 25.3 Å². The fourth-order valence-corrected chi connectivity index (χ4v) is 7.92. The van der Waals surface area contributed by atoms with Crippen LogP contribution < -0.4 is 20.4 Å². The quantitative estimate of drug-likeness (QED) is 0.215. The van der Waals surface area contributed by atoms with Gasteiger partial charge in [-0.3, -0.25) is 4.99 Å². The van der Waals surface area contributed by atoms with Crippen molar-refractivity contribution in [1.29, 1.82) is 0 Å². The van der Waals surface area contributed by atoms with E-state index in [4.69, 9.17) is 10.7 Å². The molecule has 6 nitrogen and oxygen atoms in total. The molecule has 3 unspecified atom stereocenters. The third-order valence-electron chi connectivity index (χ3n) is 9.97. The van der Waals surface area contributed by atoms with Crippen LogP contribution in [0.2, 0.25) is 0 Å². The normalized spacial score (nSPS) is 21.2. The number of nitrogens with two attached hydrogens (primary N) is 1. The minimum absolute atomic E-state index is 0.0884. The molecule has 6 heteroatoms. The lowest BCUT2D eigenvalue weighted by atomic mass is 9.67. The fraction of sp³-hybridized carbons (Fsp3) is 0.325. The minimum atomic E-state index is -0.357. The highest BCUT2D eigenvalue weighted by Gasteiger charge is 2.61. The maximum Gasteiger partial charge on any atom is 0.155 e. The molecule has 4 aromatic carbocycles. The van der Waals surface area contributed by atoms with Gasteiger partial charge in [-0.25, -0.2) is 0 Å². The Hall–Kier alpha value is -4.71. The second-order valence-corrected chi connectivity index (χ2v) is 13.1. The van der Waals surface area contributed by atoms with Crippen molar-refractivity contribution in [3.63, 3.8) is 0 Å². The molecule has 0 aromatic heterocycles. The van der Waals surface area contributed by atoms with E-state index in [2.05, 4.69) is 177 Å². The van der Waals surface area contributed by atoms with Crippen molar-refractivity contribution in [2.24, 2.45) is 22.1 Å². The highest BCUT2D eigenvalue weighted by atomic mass is 15.5. The molecule has 46 heavy (non-hydrogen) atoms. The highest BCUT2D eigenvalue weighted by Crippen LogP contribution is 2.59. The Morgan fingerprint density at radius 2 is 1.20 bits per heavy atom. The van der Waals surface area contributed by atoms with Crippen LogP contribution in [0.25, 0.3) is 0 Å². The molecule has 6 rings (SSSR count). The van der Waals surface area contributed by atoms with E-state index in [0.29, 0.717) is 0 Å². The molecular formula is C40H48N6. The minimum Gasteiger partial charge on any atom is -0.403 e. The number of nitrogens with zero attached hydrogens (tertiary/aromatic N) is 5. The molecule has 0 spiro atoms. The van der Waals surface area contributed by atoms with Gasteiger partial charge in [-0.15, -0.1) is 0 Å². The number of rotatable bonds is 8. The van der Waals surface area contributed by atoms with Crippen molar-refractivity contribution in [1.82, 2.24) is 4.90 Å². The Morgan fingerprint density at radius 1 is 0.696 bits per heavy atom. The summed E-state index contributed by atoms with van der Waals surface area (Å²) < 4.78 is 0. The second-order valence-electron chi connectivity index (χ2n) is 13.1. The zero-order valence-electron chi connectivity index (χ0n) is 28.3. The standard InChI is InChI=1S/C40H48N6/c1-8-40(28(2)3,38-43(7)36(27-41)37(42-29(4)5)45(38)32-22-13-10-14-23-32)39-44(31-20-11-9-12-21-31)34-25-17-18-26-35(34)46(39)33-24-16-15-19-30(33)6/h9-29,38-39H,8,41H2,1-7H3/b36-27+,42-37+. The number of likely N-dealkylation sites (N-methyl/N-ethyl adjacent to an activating group) is 1. The molecule has 1 saturated heterocycles. The molecular weight excluding hydrogens is 564 g/mol. The highest BCUT2D eigenvalue weighted by molar-refractivity contribution is 6.12. The number of aliphatic imine (C=N–C) groups is 1. The lowest BCUT2D eigenvalue weighted by Gasteiger charge is -2.55. The Bertz CT molecular complexity index is 1710. The summed E-state index contributed by atoms with van der Waals surface area (Å²) in [6, 6.07) is 39.4. The zero-order chi connectivity index (χ0) is 32.6. The van der Waals surface area contributed by atoms with Crippen LogP contribution in [-0.2, 0) is 0 Å². The summed E-state index contributed by atoms with van der Waals surface area (Å²) in [6.07, 6.45) is 2.45. The maximum absolute atomic E-state index is 6.50. The molecule has 0 radical (unpaired) electrons. The first-order chi connectivity index (χ1) is 22.3. The van der Waals surface area contributed by atoms with Crippen LogP contribution in [0.3, 0.4) is 0 Å². The van der Waals surface area contributed by atoms with Crippen molar-refractivity contribution < 1.29 is 0 Å². The molecule has 1 fully saturated rings. The van der Waals surface area contributed by atoms with Gasteiger partial charge in [-0.1, -0.05) is 87.5 Å². The summed E-state index contributed by atoms with van der Waals surface area (Å²) in [5, 5.41) is 0. The Morgan fingerprint density at radius 3 is 1.70 bits per heavy atom. The van der Waals surface area contributed by atoms with Gasteiger partial charge >= 0.3 is 0 Å². The third-order valence-corrected chi connectivity index (χ3v) is 9.97. The molecule has 0 amide bonds. The molecule has 0 aliphatic carbocycles. The monoisotopic (exact) mass is 612 g/mol. The van der Waals surface area contributed by atoms with E-state index in [1.165, 1.54) is 28.3 Å². The predicted molar refractivity (Wildman–Crippen MR) is 195 cm³/mol. The topological polar surface area (TPSA) is 51.3 Å². The molecule has 2 aliphatic heterocycles. The third kappa shape index (κ3) is 4.91. The van der Waals surface area contributed by atoms with E-state index in [9.17, 15) is 0 Å². The van der Waals surface area contributed by atoms with Crippen LogP contribution >= 0.6 is 0 Å². The van der Waals surface area contributed by atoms with Gasteiger partial charge in [0.15, 0.2) is 5.84 Å². The summed E-state index contributed by atoms with van der Waals surface area (Å²) in [6.45, 7) is 13.7. The molecule has 2 N–H and O–H groups in total. The summed E-state index contributed by atoms with van der Waals surface area (Å²) in [5.41, 5.74) is 14.3. The first-order valence-corrected chi connectivity index (χ1v) is 16.6. The van der Waals surface area contributed by atoms with Gasteiger partial charge in [0, 0.05) is 36.4 Å². The fourth-order valence-electron chi connectivity index (χ4n) is 7.92. The van der Waals surface area contributed by atoms with Gasteiger partial charge in [-0.2, -0.15) is 0 Å². The number of benzene rings is 4. The predicted octanol–water partition coefficient (Wildman–Crippen LogP) is 9.05. The van der Waals surface area contributed by atoms with Crippen molar-refractivity contribution in [2.75, 3.05) is 21.7 Å². The van der Waals surface area contributed by atoms with E-state index in [-0.39, 0.29) is 29.7 Å². The molecule has 2 heterocycles. The van der Waals surface area contributed by atoms with Gasteiger partial charge in [0.05, 0.1) is 22.5 Å². The van der Waals surface area contributed by atoms with E-state index >= 15 is 0 Å². The smallest absolute Gasteiger partial charge is 0.155 e. The summed E-state index contributed by atoms with van der Waals surface area (Å²) in [7, 11) is 2.20. The lowest BCUT2D eigenvalue weighted by Crippen LogP contribution is -2.65. The first-order valence-electron chi connectivity index (χ1n) is 16.6. The average molecular weight is 613 g/mol. The second kappa shape index (κ2) is 12.6. The van der Waals surface area contributed by atoms with Crippen molar-refractivity contribution in [2.45, 2.75) is 66.3 Å². The summed E-state index contributed by atoms with van der Waals surface area (Å²) in [5.74, 6) is 1.16. The summed E-state index contributed by atoms with van der Waals surface area (Å²) >= 11 is 0. The number of fused-ring (bicyclic) bond motifs is 1. The largest absolute Gasteiger partial charge is 0.403 e. The van der Waals surface area contributed by atoms with Crippen molar-refractivity contribution >= 4 is 34.3 Å². The number of hydrogen-bond acceptors (Lipinski definition) is 5. The van der Waals surface area contributed by atoms with E-state index in [1.807, 2.05) is 0 Å². The molecule has 0 bridgehead atoms. The number of para-hydroxylation sites is 5. The number of hydrogen-bond donors (Lipinski definition) is 1. The SMILES string of the molecule is CCC(C(C)C)(C1N(C)C(=C/N)/C(=N\C(C)C)N1c1ccccc1)C1N(c2ccccc2)c2ccccc2N1c1ccccc1C. The van der Waals surface area contributed by atoms with Crippen LogP contribution in [0, 0.1) is 18.3 Å². The Balaban J connectivity index is 1.71. The van der Waals surface area contributed by atoms with Crippen LogP contribution in [0.1, 0.15) is 46.6 Å². The molecule has 3 atom stereocenters. The Labute approximate surface area is 275 Å². The molecule has 2 aliphatic rings. The van der Waals surface area contributed by atoms with Gasteiger partial charge in [0.25, 0.3) is 0 Å². The average Bonchev–Trinajstić information content (AvgIpc) is 3.54. The van der Waals surface area contributed by atoms with E-state index in [1.54, 1.807) is 6.20 Å². The number of aryl methyl sites for hydroxylation is 1. The molecule has 4 aromatic rings. The molecule has 238 valence electrons. The number of anilines is 5. The van der Waals surface area contributed by atoms with Crippen LogP contribution in [-0.4, -0.2) is 36.2 Å². The zero-order valence-corrected chi connectivity index (χ0v) is 28.3. The lowest BCUT2D eigenvalue weighted by molar-refractivity contribution is 0.0442.